The van der Waals surface area contributed by atoms with E-state index < -0.39 is 11.9 Å². The number of anilines is 1. The van der Waals surface area contributed by atoms with Crippen molar-refractivity contribution in [2.24, 2.45) is 5.92 Å². The summed E-state index contributed by atoms with van der Waals surface area (Å²) in [6.45, 7) is 4.91. The van der Waals surface area contributed by atoms with E-state index in [1.54, 1.807) is 6.92 Å². The van der Waals surface area contributed by atoms with Crippen molar-refractivity contribution in [2.45, 2.75) is 20.0 Å². The topological polar surface area (TPSA) is 54.0 Å². The van der Waals surface area contributed by atoms with Crippen molar-refractivity contribution in [3.05, 3.63) is 24.0 Å². The average molecular weight is 275 g/mol. The van der Waals surface area contributed by atoms with E-state index in [4.69, 9.17) is 0 Å². The molecule has 0 fully saturated rings. The quantitative estimate of drug-likeness (QED) is 0.867. The molecule has 1 heterocycles. The van der Waals surface area contributed by atoms with Crippen molar-refractivity contribution in [3.8, 4) is 0 Å². The van der Waals surface area contributed by atoms with Gasteiger partial charge in [0.2, 0.25) is 5.91 Å². The molecule has 0 aliphatic carbocycles. The van der Waals surface area contributed by atoms with Crippen LogP contribution >= 0.6 is 0 Å². The van der Waals surface area contributed by atoms with Gasteiger partial charge < -0.3 is 10.6 Å². The standard InChI is InChI=1S/C12H16F3N3O/c1-3-16-6-8(2)11(19)18-9-4-5-10(17-7-9)12(13,14)15/h4-5,7-8,16H,3,6H2,1-2H3,(H,18,19). The van der Waals surface area contributed by atoms with E-state index in [1.807, 2.05) is 6.92 Å². The molecule has 1 rings (SSSR count). The molecule has 106 valence electrons. The Hall–Kier alpha value is -1.63. The van der Waals surface area contributed by atoms with Gasteiger partial charge in [-0.1, -0.05) is 13.8 Å². The molecule has 0 aliphatic heterocycles. The summed E-state index contributed by atoms with van der Waals surface area (Å²) in [7, 11) is 0. The van der Waals surface area contributed by atoms with Crippen molar-refractivity contribution in [2.75, 3.05) is 18.4 Å². The van der Waals surface area contributed by atoms with Crippen LogP contribution in [-0.2, 0) is 11.0 Å². The van der Waals surface area contributed by atoms with E-state index >= 15 is 0 Å². The van der Waals surface area contributed by atoms with Crippen molar-refractivity contribution in [3.63, 3.8) is 0 Å². The summed E-state index contributed by atoms with van der Waals surface area (Å²) in [5.74, 6) is -0.537. The van der Waals surface area contributed by atoms with Crippen LogP contribution in [0.5, 0.6) is 0 Å². The number of amides is 1. The molecular weight excluding hydrogens is 259 g/mol. The lowest BCUT2D eigenvalue weighted by Crippen LogP contribution is -2.30. The van der Waals surface area contributed by atoms with Gasteiger partial charge in [-0.05, 0) is 18.7 Å². The van der Waals surface area contributed by atoms with Gasteiger partial charge in [-0.3, -0.25) is 4.79 Å². The third kappa shape index (κ3) is 4.86. The zero-order valence-corrected chi connectivity index (χ0v) is 10.7. The van der Waals surface area contributed by atoms with Gasteiger partial charge in [0.05, 0.1) is 11.9 Å². The van der Waals surface area contributed by atoms with Crippen molar-refractivity contribution in [1.82, 2.24) is 10.3 Å². The van der Waals surface area contributed by atoms with Gasteiger partial charge in [-0.2, -0.15) is 13.2 Å². The molecule has 0 radical (unpaired) electrons. The summed E-state index contributed by atoms with van der Waals surface area (Å²) in [6, 6.07) is 2.03. The second kappa shape index (κ2) is 6.51. The summed E-state index contributed by atoms with van der Waals surface area (Å²) in [5, 5.41) is 5.54. The Balaban J connectivity index is 2.60. The van der Waals surface area contributed by atoms with E-state index in [0.29, 0.717) is 6.54 Å². The van der Waals surface area contributed by atoms with Crippen molar-refractivity contribution >= 4 is 11.6 Å². The largest absolute Gasteiger partial charge is 0.433 e. The number of aromatic nitrogens is 1. The van der Waals surface area contributed by atoms with Crippen LogP contribution in [0, 0.1) is 5.92 Å². The molecule has 2 N–H and O–H groups in total. The first-order chi connectivity index (χ1) is 8.84. The number of rotatable bonds is 5. The summed E-state index contributed by atoms with van der Waals surface area (Å²) >= 11 is 0. The lowest BCUT2D eigenvalue weighted by molar-refractivity contribution is -0.141. The normalized spacial score (nSPS) is 13.1. The van der Waals surface area contributed by atoms with Gasteiger partial charge in [-0.25, -0.2) is 4.98 Å². The number of pyridine rings is 1. The molecule has 0 aromatic carbocycles. The lowest BCUT2D eigenvalue weighted by Gasteiger charge is -2.12. The minimum Gasteiger partial charge on any atom is -0.324 e. The third-order valence-electron chi connectivity index (χ3n) is 2.47. The fraction of sp³-hybridized carbons (Fsp3) is 0.500. The number of nitrogens with zero attached hydrogens (tertiary/aromatic N) is 1. The van der Waals surface area contributed by atoms with Crippen LogP contribution in [0.25, 0.3) is 0 Å². The molecule has 7 heteroatoms. The maximum atomic E-state index is 12.3. The molecule has 0 spiro atoms. The number of carbonyl (C=O) groups is 1. The summed E-state index contributed by atoms with van der Waals surface area (Å²) in [4.78, 5) is 15.0. The van der Waals surface area contributed by atoms with Gasteiger partial charge >= 0.3 is 6.18 Å². The lowest BCUT2D eigenvalue weighted by atomic mass is 10.1. The molecule has 1 aromatic heterocycles. The molecule has 1 amide bonds. The van der Waals surface area contributed by atoms with Gasteiger partial charge in [0.15, 0.2) is 0 Å². The number of nitrogens with one attached hydrogen (secondary N) is 2. The van der Waals surface area contributed by atoms with Crippen LogP contribution in [0.3, 0.4) is 0 Å². The molecule has 1 unspecified atom stereocenters. The number of hydrogen-bond donors (Lipinski definition) is 2. The fourth-order valence-electron chi connectivity index (χ4n) is 1.35. The highest BCUT2D eigenvalue weighted by Gasteiger charge is 2.32. The average Bonchev–Trinajstić information content (AvgIpc) is 2.35. The summed E-state index contributed by atoms with van der Waals surface area (Å²) in [5.41, 5.74) is -0.729. The van der Waals surface area contributed by atoms with Crippen molar-refractivity contribution in [1.29, 1.82) is 0 Å². The zero-order valence-electron chi connectivity index (χ0n) is 10.7. The monoisotopic (exact) mass is 275 g/mol. The van der Waals surface area contributed by atoms with Crippen LogP contribution in [-0.4, -0.2) is 24.0 Å². The van der Waals surface area contributed by atoms with E-state index in [2.05, 4.69) is 15.6 Å². The molecule has 0 aliphatic rings. The molecule has 0 bridgehead atoms. The Morgan fingerprint density at radius 1 is 1.42 bits per heavy atom. The molecule has 1 aromatic rings. The van der Waals surface area contributed by atoms with Crippen LogP contribution in [0.15, 0.2) is 18.3 Å². The number of halogens is 3. The maximum absolute atomic E-state index is 12.3. The number of alkyl halides is 3. The third-order valence-corrected chi connectivity index (χ3v) is 2.47. The molecule has 19 heavy (non-hydrogen) atoms. The van der Waals surface area contributed by atoms with Gasteiger partial charge in [0.25, 0.3) is 0 Å². The first kappa shape index (κ1) is 15.4. The number of carbonyl (C=O) groups excluding carboxylic acids is 1. The molecule has 1 atom stereocenters. The molecular formula is C12H16F3N3O. The predicted molar refractivity (Wildman–Crippen MR) is 65.6 cm³/mol. The highest BCUT2D eigenvalue weighted by Crippen LogP contribution is 2.27. The van der Waals surface area contributed by atoms with E-state index in [0.717, 1.165) is 18.8 Å². The molecule has 0 saturated heterocycles. The molecule has 4 nitrogen and oxygen atoms in total. The first-order valence-electron chi connectivity index (χ1n) is 5.89. The van der Waals surface area contributed by atoms with Crippen LogP contribution in [0.4, 0.5) is 18.9 Å². The minimum absolute atomic E-state index is 0.251. The van der Waals surface area contributed by atoms with Crippen LogP contribution in [0.1, 0.15) is 19.5 Å². The van der Waals surface area contributed by atoms with Gasteiger partial charge in [-0.15, -0.1) is 0 Å². The minimum atomic E-state index is -4.47. The highest BCUT2D eigenvalue weighted by molar-refractivity contribution is 5.92. The second-order valence-electron chi connectivity index (χ2n) is 4.13. The smallest absolute Gasteiger partial charge is 0.324 e. The Labute approximate surface area is 109 Å². The highest BCUT2D eigenvalue weighted by atomic mass is 19.4. The zero-order chi connectivity index (χ0) is 14.5. The summed E-state index contributed by atoms with van der Waals surface area (Å²) in [6.07, 6.45) is -3.47. The second-order valence-corrected chi connectivity index (χ2v) is 4.13. The summed E-state index contributed by atoms with van der Waals surface area (Å²) < 4.78 is 36.9. The van der Waals surface area contributed by atoms with E-state index in [1.165, 1.54) is 6.07 Å². The Bertz CT molecular complexity index is 417. The molecule has 0 saturated carbocycles. The number of hydrogen-bond acceptors (Lipinski definition) is 3. The first-order valence-corrected chi connectivity index (χ1v) is 5.89. The Morgan fingerprint density at radius 3 is 2.58 bits per heavy atom. The van der Waals surface area contributed by atoms with E-state index in [-0.39, 0.29) is 17.5 Å². The van der Waals surface area contributed by atoms with E-state index in [9.17, 15) is 18.0 Å². The fourth-order valence-corrected chi connectivity index (χ4v) is 1.35. The van der Waals surface area contributed by atoms with Crippen LogP contribution in [0.2, 0.25) is 0 Å². The Kier molecular flexibility index (Phi) is 5.29. The van der Waals surface area contributed by atoms with Crippen molar-refractivity contribution < 1.29 is 18.0 Å². The SMILES string of the molecule is CCNCC(C)C(=O)Nc1ccc(C(F)(F)F)nc1. The van der Waals surface area contributed by atoms with Gasteiger partial charge in [0, 0.05) is 12.5 Å². The predicted octanol–water partition coefficient (Wildman–Crippen LogP) is 2.28. The van der Waals surface area contributed by atoms with Crippen LogP contribution < -0.4 is 10.6 Å². The maximum Gasteiger partial charge on any atom is 0.433 e. The Morgan fingerprint density at radius 2 is 2.11 bits per heavy atom. The van der Waals surface area contributed by atoms with Gasteiger partial charge in [0.1, 0.15) is 5.69 Å².